The van der Waals surface area contributed by atoms with Gasteiger partial charge in [-0.1, -0.05) is 12.1 Å². The molecule has 3 aromatic carbocycles. The van der Waals surface area contributed by atoms with Gasteiger partial charge >= 0.3 is 0 Å². The third kappa shape index (κ3) is 5.09. The lowest BCUT2D eigenvalue weighted by molar-refractivity contribution is 0.0746. The molecule has 9 heteroatoms. The Morgan fingerprint density at radius 2 is 1.41 bits per heavy atom. The molecule has 0 saturated carbocycles. The number of carbonyl (C=O) groups is 2. The van der Waals surface area contributed by atoms with Gasteiger partial charge in [0.1, 0.15) is 5.82 Å². The number of nitrogens with one attached hydrogen (secondary N) is 1. The molecule has 1 aliphatic rings. The van der Waals surface area contributed by atoms with Crippen LogP contribution in [0, 0.1) is 5.82 Å². The van der Waals surface area contributed by atoms with Crippen molar-refractivity contribution in [1.29, 1.82) is 0 Å². The summed E-state index contributed by atoms with van der Waals surface area (Å²) >= 11 is 0. The summed E-state index contributed by atoms with van der Waals surface area (Å²) in [7, 11) is -3.99. The van der Waals surface area contributed by atoms with Gasteiger partial charge in [-0.2, -0.15) is 0 Å². The zero-order valence-corrected chi connectivity index (χ0v) is 19.4. The number of carbonyl (C=O) groups excluding carboxylic acids is 2. The molecule has 0 aromatic heterocycles. The highest BCUT2D eigenvalue weighted by Gasteiger charge is 2.23. The molecule has 34 heavy (non-hydrogen) atoms. The number of amides is 1. The van der Waals surface area contributed by atoms with Gasteiger partial charge in [-0.3, -0.25) is 14.3 Å². The highest BCUT2D eigenvalue weighted by Crippen LogP contribution is 2.21. The maximum absolute atomic E-state index is 13.8. The molecule has 0 unspecified atom stereocenters. The Morgan fingerprint density at radius 3 is 2.00 bits per heavy atom. The lowest BCUT2D eigenvalue weighted by Crippen LogP contribution is -2.48. The molecule has 4 rings (SSSR count). The molecular formula is C25H24FN3O4S. The van der Waals surface area contributed by atoms with Crippen LogP contribution in [0.4, 0.5) is 15.8 Å². The molecule has 0 radical (unpaired) electrons. The molecule has 176 valence electrons. The SMILES string of the molecule is CC(=O)c1ccc(N2CCN(C(=O)c3ccc(S(=O)(=O)Nc4ccccc4F)cc3)CC2)cc1. The number of para-hydroxylation sites is 1. The zero-order valence-electron chi connectivity index (χ0n) is 18.6. The van der Waals surface area contributed by atoms with Crippen molar-refractivity contribution in [3.63, 3.8) is 0 Å². The predicted molar refractivity (Wildman–Crippen MR) is 128 cm³/mol. The number of piperazine rings is 1. The van der Waals surface area contributed by atoms with Crippen molar-refractivity contribution in [2.45, 2.75) is 11.8 Å². The van der Waals surface area contributed by atoms with Crippen LogP contribution in [0.15, 0.2) is 77.7 Å². The van der Waals surface area contributed by atoms with E-state index in [1.807, 2.05) is 12.1 Å². The van der Waals surface area contributed by atoms with Gasteiger partial charge in [0.25, 0.3) is 15.9 Å². The monoisotopic (exact) mass is 481 g/mol. The molecule has 1 saturated heterocycles. The fraction of sp³-hybridized carbons (Fsp3) is 0.200. The summed E-state index contributed by atoms with van der Waals surface area (Å²) in [5.74, 6) is -0.840. The standard InChI is InChI=1S/C25H24FN3O4S/c1-18(30)19-6-10-21(11-7-19)28-14-16-29(17-15-28)25(31)20-8-12-22(13-9-20)34(32,33)27-24-5-3-2-4-23(24)26/h2-13,27H,14-17H2,1H3. The smallest absolute Gasteiger partial charge is 0.261 e. The summed E-state index contributed by atoms with van der Waals surface area (Å²) in [6.45, 7) is 3.85. The number of ketones is 1. The minimum Gasteiger partial charge on any atom is -0.368 e. The molecule has 1 heterocycles. The summed E-state index contributed by atoms with van der Waals surface area (Å²) in [4.78, 5) is 28.2. The second kappa shape index (κ2) is 9.64. The summed E-state index contributed by atoms with van der Waals surface area (Å²) in [6.07, 6.45) is 0. The van der Waals surface area contributed by atoms with E-state index in [0.717, 1.165) is 5.69 Å². The van der Waals surface area contributed by atoms with Crippen molar-refractivity contribution >= 4 is 33.1 Å². The van der Waals surface area contributed by atoms with Crippen molar-refractivity contribution in [2.75, 3.05) is 35.8 Å². The third-order valence-corrected chi connectivity index (χ3v) is 7.12. The maximum atomic E-state index is 13.8. The van der Waals surface area contributed by atoms with Gasteiger partial charge < -0.3 is 9.80 Å². The normalized spacial score (nSPS) is 14.1. The summed E-state index contributed by atoms with van der Waals surface area (Å²) < 4.78 is 41.2. The van der Waals surface area contributed by atoms with E-state index in [1.165, 1.54) is 55.5 Å². The van der Waals surface area contributed by atoms with Gasteiger partial charge in [-0.25, -0.2) is 12.8 Å². The molecular weight excluding hydrogens is 457 g/mol. The first-order valence-corrected chi connectivity index (χ1v) is 12.3. The van der Waals surface area contributed by atoms with E-state index in [9.17, 15) is 22.4 Å². The van der Waals surface area contributed by atoms with Crippen LogP contribution >= 0.6 is 0 Å². The Hall–Kier alpha value is -3.72. The van der Waals surface area contributed by atoms with Crippen LogP contribution in [0.3, 0.4) is 0 Å². The maximum Gasteiger partial charge on any atom is 0.261 e. The van der Waals surface area contributed by atoms with Crippen LogP contribution in [-0.4, -0.2) is 51.2 Å². The summed E-state index contributed by atoms with van der Waals surface area (Å²) in [6, 6.07) is 18.5. The number of Topliss-reactive ketones (excluding diaryl/α,β-unsaturated/α-hetero) is 1. The average Bonchev–Trinajstić information content (AvgIpc) is 2.85. The molecule has 7 nitrogen and oxygen atoms in total. The Labute approximate surface area is 197 Å². The Kier molecular flexibility index (Phi) is 6.65. The molecule has 0 aliphatic carbocycles. The minimum absolute atomic E-state index is 0.0174. The minimum atomic E-state index is -3.99. The van der Waals surface area contributed by atoms with E-state index in [4.69, 9.17) is 0 Å². The van der Waals surface area contributed by atoms with E-state index in [0.29, 0.717) is 37.3 Å². The van der Waals surface area contributed by atoms with Crippen LogP contribution in [0.5, 0.6) is 0 Å². The number of hydrogen-bond acceptors (Lipinski definition) is 5. The highest BCUT2D eigenvalue weighted by molar-refractivity contribution is 7.92. The van der Waals surface area contributed by atoms with Crippen LogP contribution in [0.25, 0.3) is 0 Å². The van der Waals surface area contributed by atoms with Crippen LogP contribution < -0.4 is 9.62 Å². The lowest BCUT2D eigenvalue weighted by Gasteiger charge is -2.36. The Morgan fingerprint density at radius 1 is 0.824 bits per heavy atom. The molecule has 1 aliphatic heterocycles. The van der Waals surface area contributed by atoms with Gasteiger partial charge in [0.2, 0.25) is 0 Å². The average molecular weight is 482 g/mol. The number of sulfonamides is 1. The number of anilines is 2. The van der Waals surface area contributed by atoms with Crippen LogP contribution in [0.1, 0.15) is 27.6 Å². The highest BCUT2D eigenvalue weighted by atomic mass is 32.2. The van der Waals surface area contributed by atoms with Crippen molar-refractivity contribution in [3.8, 4) is 0 Å². The molecule has 0 atom stereocenters. The second-order valence-corrected chi connectivity index (χ2v) is 9.67. The van der Waals surface area contributed by atoms with Crippen molar-refractivity contribution in [2.24, 2.45) is 0 Å². The zero-order chi connectivity index (χ0) is 24.3. The number of benzene rings is 3. The van der Waals surface area contributed by atoms with Crippen molar-refractivity contribution < 1.29 is 22.4 Å². The number of halogens is 1. The second-order valence-electron chi connectivity index (χ2n) is 7.99. The van der Waals surface area contributed by atoms with Crippen LogP contribution in [0.2, 0.25) is 0 Å². The topological polar surface area (TPSA) is 86.8 Å². The number of rotatable bonds is 6. The third-order valence-electron chi connectivity index (χ3n) is 5.74. The molecule has 3 aromatic rings. The van der Waals surface area contributed by atoms with E-state index in [-0.39, 0.29) is 22.3 Å². The molecule has 1 fully saturated rings. The van der Waals surface area contributed by atoms with Gasteiger partial charge in [0.05, 0.1) is 10.6 Å². The van der Waals surface area contributed by atoms with Gasteiger partial charge in [0.15, 0.2) is 5.78 Å². The molecule has 0 spiro atoms. The first-order chi connectivity index (χ1) is 16.2. The fourth-order valence-corrected chi connectivity index (χ4v) is 4.85. The van der Waals surface area contributed by atoms with E-state index < -0.39 is 15.8 Å². The van der Waals surface area contributed by atoms with E-state index in [1.54, 1.807) is 17.0 Å². The lowest BCUT2D eigenvalue weighted by atomic mass is 10.1. The quantitative estimate of drug-likeness (QED) is 0.542. The molecule has 0 bridgehead atoms. The summed E-state index contributed by atoms with van der Waals surface area (Å²) in [5.41, 5.74) is 1.89. The van der Waals surface area contributed by atoms with E-state index in [2.05, 4.69) is 9.62 Å². The molecule has 1 N–H and O–H groups in total. The Bertz CT molecular complexity index is 1300. The predicted octanol–water partition coefficient (Wildman–Crippen LogP) is 3.79. The fourth-order valence-electron chi connectivity index (χ4n) is 3.78. The summed E-state index contributed by atoms with van der Waals surface area (Å²) in [5, 5.41) is 0. The van der Waals surface area contributed by atoms with Crippen molar-refractivity contribution in [3.05, 3.63) is 89.7 Å². The van der Waals surface area contributed by atoms with Crippen LogP contribution in [-0.2, 0) is 10.0 Å². The van der Waals surface area contributed by atoms with E-state index >= 15 is 0 Å². The Balaban J connectivity index is 1.38. The first kappa shape index (κ1) is 23.4. The van der Waals surface area contributed by atoms with Crippen molar-refractivity contribution in [1.82, 2.24) is 4.90 Å². The molecule has 1 amide bonds. The number of hydrogen-bond donors (Lipinski definition) is 1. The van der Waals surface area contributed by atoms with Gasteiger partial charge in [-0.05, 0) is 67.6 Å². The largest absolute Gasteiger partial charge is 0.368 e. The first-order valence-electron chi connectivity index (χ1n) is 10.8. The number of nitrogens with zero attached hydrogens (tertiary/aromatic N) is 2. The van der Waals surface area contributed by atoms with Gasteiger partial charge in [0, 0.05) is 43.0 Å². The van der Waals surface area contributed by atoms with Gasteiger partial charge in [-0.15, -0.1) is 0 Å².